The Balaban J connectivity index is 2.35. The summed E-state index contributed by atoms with van der Waals surface area (Å²) in [6.45, 7) is 5.47. The Morgan fingerprint density at radius 3 is 2.00 bits per heavy atom. The number of anilines is 1. The molecule has 1 aromatic carbocycles. The van der Waals surface area contributed by atoms with Crippen molar-refractivity contribution in [1.82, 2.24) is 0 Å². The molecular formula is C18H19NO6. The maximum atomic E-state index is 12.3. The third-order valence-corrected chi connectivity index (χ3v) is 3.28. The van der Waals surface area contributed by atoms with Crippen LogP contribution >= 0.6 is 0 Å². The van der Waals surface area contributed by atoms with Crippen LogP contribution in [0.25, 0.3) is 0 Å². The Kier molecular flexibility index (Phi) is 5.94. The summed E-state index contributed by atoms with van der Waals surface area (Å²) >= 11 is 0. The van der Waals surface area contributed by atoms with E-state index in [1.54, 1.807) is 26.8 Å². The molecule has 1 N–H and O–H groups in total. The fourth-order valence-corrected chi connectivity index (χ4v) is 2.16. The monoisotopic (exact) mass is 345 g/mol. The van der Waals surface area contributed by atoms with E-state index in [4.69, 9.17) is 13.9 Å². The third kappa shape index (κ3) is 4.47. The molecule has 1 amide bonds. The van der Waals surface area contributed by atoms with E-state index >= 15 is 0 Å². The van der Waals surface area contributed by atoms with E-state index in [9.17, 15) is 14.4 Å². The fourth-order valence-electron chi connectivity index (χ4n) is 2.16. The molecule has 7 nitrogen and oxygen atoms in total. The van der Waals surface area contributed by atoms with Crippen molar-refractivity contribution in [3.63, 3.8) is 0 Å². The zero-order valence-electron chi connectivity index (χ0n) is 14.3. The first-order valence-electron chi connectivity index (χ1n) is 7.81. The van der Waals surface area contributed by atoms with Gasteiger partial charge in [-0.3, -0.25) is 4.79 Å². The van der Waals surface area contributed by atoms with E-state index in [0.717, 1.165) is 0 Å². The molecule has 7 heteroatoms. The van der Waals surface area contributed by atoms with Crippen LogP contribution < -0.4 is 5.32 Å². The molecule has 0 fully saturated rings. The predicted molar refractivity (Wildman–Crippen MR) is 89.8 cm³/mol. The molecule has 0 unspecified atom stereocenters. The van der Waals surface area contributed by atoms with Gasteiger partial charge in [-0.1, -0.05) is 0 Å². The molecule has 132 valence electrons. The molecule has 2 aromatic rings. The standard InChI is InChI=1S/C18H19NO6/c1-4-23-17(21)12-8-13(18(22)24-5-2)10-14(9-12)19-16(20)15-11(3)6-7-25-15/h6-10H,4-5H2,1-3H3,(H,19,20). The van der Waals surface area contributed by atoms with Crippen LogP contribution in [-0.4, -0.2) is 31.1 Å². The fraction of sp³-hybridized carbons (Fsp3) is 0.278. The van der Waals surface area contributed by atoms with Gasteiger partial charge in [-0.05, 0) is 45.0 Å². The quantitative estimate of drug-likeness (QED) is 0.808. The van der Waals surface area contributed by atoms with Gasteiger partial charge in [0.2, 0.25) is 0 Å². The molecule has 0 saturated carbocycles. The van der Waals surface area contributed by atoms with E-state index in [-0.39, 0.29) is 35.8 Å². The molecule has 2 rings (SSSR count). The number of hydrogen-bond acceptors (Lipinski definition) is 6. The van der Waals surface area contributed by atoms with Crippen LogP contribution in [-0.2, 0) is 9.47 Å². The van der Waals surface area contributed by atoms with Gasteiger partial charge in [0.05, 0.1) is 30.6 Å². The summed E-state index contributed by atoms with van der Waals surface area (Å²) in [5.41, 5.74) is 1.21. The first-order valence-corrected chi connectivity index (χ1v) is 7.81. The number of furan rings is 1. The van der Waals surface area contributed by atoms with E-state index < -0.39 is 17.8 Å². The number of nitrogens with one attached hydrogen (secondary N) is 1. The SMILES string of the molecule is CCOC(=O)c1cc(NC(=O)c2occc2C)cc(C(=O)OCC)c1. The lowest BCUT2D eigenvalue weighted by atomic mass is 10.1. The van der Waals surface area contributed by atoms with Gasteiger partial charge < -0.3 is 19.2 Å². The van der Waals surface area contributed by atoms with Crippen LogP contribution in [0.3, 0.4) is 0 Å². The average Bonchev–Trinajstić information content (AvgIpc) is 3.01. The zero-order chi connectivity index (χ0) is 18.4. The van der Waals surface area contributed by atoms with Gasteiger partial charge in [-0.2, -0.15) is 0 Å². The molecule has 0 saturated heterocycles. The van der Waals surface area contributed by atoms with Crippen molar-refractivity contribution in [3.8, 4) is 0 Å². The molecular weight excluding hydrogens is 326 g/mol. The van der Waals surface area contributed by atoms with Crippen molar-refractivity contribution in [2.45, 2.75) is 20.8 Å². The highest BCUT2D eigenvalue weighted by atomic mass is 16.5. The summed E-state index contributed by atoms with van der Waals surface area (Å²) in [6.07, 6.45) is 1.41. The Morgan fingerprint density at radius 1 is 1.00 bits per heavy atom. The smallest absolute Gasteiger partial charge is 0.338 e. The zero-order valence-corrected chi connectivity index (χ0v) is 14.3. The average molecular weight is 345 g/mol. The second kappa shape index (κ2) is 8.14. The first kappa shape index (κ1) is 18.3. The van der Waals surface area contributed by atoms with E-state index in [1.807, 2.05) is 0 Å². The molecule has 0 bridgehead atoms. The number of ether oxygens (including phenoxy) is 2. The maximum Gasteiger partial charge on any atom is 0.338 e. The Bertz CT molecular complexity index is 756. The van der Waals surface area contributed by atoms with Crippen LogP contribution in [0.5, 0.6) is 0 Å². The highest BCUT2D eigenvalue weighted by molar-refractivity contribution is 6.05. The van der Waals surface area contributed by atoms with Gasteiger partial charge >= 0.3 is 11.9 Å². The molecule has 0 aliphatic heterocycles. The number of carbonyl (C=O) groups excluding carboxylic acids is 3. The molecule has 1 heterocycles. The number of carbonyl (C=O) groups is 3. The third-order valence-electron chi connectivity index (χ3n) is 3.28. The number of benzene rings is 1. The Labute approximate surface area is 144 Å². The Morgan fingerprint density at radius 2 is 1.56 bits per heavy atom. The molecule has 0 aliphatic carbocycles. The lowest BCUT2D eigenvalue weighted by Gasteiger charge is -2.10. The maximum absolute atomic E-state index is 12.3. The van der Waals surface area contributed by atoms with Gasteiger partial charge in [0, 0.05) is 11.3 Å². The molecule has 1 aromatic heterocycles. The van der Waals surface area contributed by atoms with Gasteiger partial charge in [0.15, 0.2) is 5.76 Å². The predicted octanol–water partition coefficient (Wildman–Crippen LogP) is 3.19. The van der Waals surface area contributed by atoms with Crippen LogP contribution in [0, 0.1) is 6.92 Å². The number of rotatable bonds is 6. The van der Waals surface area contributed by atoms with E-state index in [0.29, 0.717) is 5.56 Å². The highest BCUT2D eigenvalue weighted by Gasteiger charge is 2.18. The minimum absolute atomic E-state index is 0.138. The normalized spacial score (nSPS) is 10.2. The van der Waals surface area contributed by atoms with Gasteiger partial charge in [-0.25, -0.2) is 9.59 Å². The van der Waals surface area contributed by atoms with Crippen LogP contribution in [0.15, 0.2) is 34.9 Å². The van der Waals surface area contributed by atoms with Gasteiger partial charge in [0.25, 0.3) is 5.91 Å². The van der Waals surface area contributed by atoms with Crippen LogP contribution in [0.2, 0.25) is 0 Å². The van der Waals surface area contributed by atoms with E-state index in [2.05, 4.69) is 5.32 Å². The highest BCUT2D eigenvalue weighted by Crippen LogP contribution is 2.19. The van der Waals surface area contributed by atoms with Crippen molar-refractivity contribution in [2.24, 2.45) is 0 Å². The van der Waals surface area contributed by atoms with Crippen molar-refractivity contribution >= 4 is 23.5 Å². The van der Waals surface area contributed by atoms with Crippen molar-refractivity contribution in [2.75, 3.05) is 18.5 Å². The molecule has 25 heavy (non-hydrogen) atoms. The first-order chi connectivity index (χ1) is 12.0. The second-order valence-electron chi connectivity index (χ2n) is 5.13. The molecule has 0 aliphatic rings. The van der Waals surface area contributed by atoms with Crippen molar-refractivity contribution < 1.29 is 28.3 Å². The van der Waals surface area contributed by atoms with E-state index in [1.165, 1.54) is 24.5 Å². The summed E-state index contributed by atoms with van der Waals surface area (Å²) in [5.74, 6) is -1.53. The largest absolute Gasteiger partial charge is 0.462 e. The minimum atomic E-state index is -0.599. The summed E-state index contributed by atoms with van der Waals surface area (Å²) in [4.78, 5) is 36.3. The molecule has 0 spiro atoms. The summed E-state index contributed by atoms with van der Waals surface area (Å²) in [6, 6.07) is 5.88. The lowest BCUT2D eigenvalue weighted by Crippen LogP contribution is -2.15. The van der Waals surface area contributed by atoms with Gasteiger partial charge in [-0.15, -0.1) is 0 Å². The topological polar surface area (TPSA) is 94.8 Å². The van der Waals surface area contributed by atoms with Crippen molar-refractivity contribution in [3.05, 3.63) is 53.0 Å². The summed E-state index contributed by atoms with van der Waals surface area (Å²) in [5, 5.41) is 2.61. The van der Waals surface area contributed by atoms with Crippen molar-refractivity contribution in [1.29, 1.82) is 0 Å². The number of esters is 2. The minimum Gasteiger partial charge on any atom is -0.462 e. The summed E-state index contributed by atoms with van der Waals surface area (Å²) < 4.78 is 15.0. The summed E-state index contributed by atoms with van der Waals surface area (Å²) in [7, 11) is 0. The van der Waals surface area contributed by atoms with Gasteiger partial charge in [0.1, 0.15) is 0 Å². The molecule has 0 atom stereocenters. The number of aryl methyl sites for hydroxylation is 1. The number of amides is 1. The Hall–Kier alpha value is -3.09. The van der Waals surface area contributed by atoms with Crippen LogP contribution in [0.1, 0.15) is 50.7 Å². The molecule has 0 radical (unpaired) electrons. The lowest BCUT2D eigenvalue weighted by molar-refractivity contribution is 0.0525. The second-order valence-corrected chi connectivity index (χ2v) is 5.13. The van der Waals surface area contributed by atoms with Crippen LogP contribution in [0.4, 0.5) is 5.69 Å². The number of hydrogen-bond donors (Lipinski definition) is 1.